The number of aliphatic hydroxyl groups excluding tert-OH is 1. The normalized spacial score (nSPS) is 10.0. The van der Waals surface area contributed by atoms with Gasteiger partial charge in [0.1, 0.15) is 0 Å². The van der Waals surface area contributed by atoms with Crippen LogP contribution in [0.25, 0.3) is 0 Å². The average molecular weight is 170 g/mol. The van der Waals surface area contributed by atoms with Crippen LogP contribution in [0.1, 0.15) is 13.8 Å². The molecule has 0 unspecified atom stereocenters. The van der Waals surface area contributed by atoms with E-state index < -0.39 is 5.97 Å². The van der Waals surface area contributed by atoms with Crippen LogP contribution < -0.4 is 0 Å². The van der Waals surface area contributed by atoms with E-state index in [-0.39, 0.29) is 57.0 Å². The second kappa shape index (κ2) is 7.75. The summed E-state index contributed by atoms with van der Waals surface area (Å²) in [6.07, 6.45) is 0.734. The first-order valence-electron chi connectivity index (χ1n) is 2.70. The van der Waals surface area contributed by atoms with Gasteiger partial charge in [0.05, 0.1) is 18.4 Å². The van der Waals surface area contributed by atoms with Crippen LogP contribution in [0.3, 0.4) is 0 Å². The van der Waals surface area contributed by atoms with Crippen LogP contribution in [0, 0.1) is 0 Å². The van der Waals surface area contributed by atoms with Crippen LogP contribution >= 0.6 is 0 Å². The van der Waals surface area contributed by atoms with E-state index in [1.807, 2.05) is 0 Å². The molecule has 0 radical (unpaired) electrons. The molecule has 0 spiro atoms. The summed E-state index contributed by atoms with van der Waals surface area (Å²) < 4.78 is 4.53. The van der Waals surface area contributed by atoms with Gasteiger partial charge in [0.2, 0.25) is 0 Å². The second-order valence-electron chi connectivity index (χ2n) is 1.53. The first-order chi connectivity index (χ1) is 4.22. The maximum absolute atomic E-state index is 10.5. The molecule has 54 valence electrons. The van der Waals surface area contributed by atoms with Gasteiger partial charge in [0.25, 0.3) is 0 Å². The van der Waals surface area contributed by atoms with Crippen molar-refractivity contribution in [2.24, 2.45) is 0 Å². The van der Waals surface area contributed by atoms with Crippen LogP contribution in [-0.2, 0) is 9.53 Å². The molecular weight excluding hydrogens is 159 g/mol. The summed E-state index contributed by atoms with van der Waals surface area (Å²) >= 11 is 0. The molecule has 0 rings (SSSR count). The van der Waals surface area contributed by atoms with Gasteiger partial charge in [-0.25, -0.2) is 4.79 Å². The molecule has 0 aromatic carbocycles. The second-order valence-corrected chi connectivity index (χ2v) is 1.53. The number of carbonyl (C=O) groups excluding carboxylic acids is 1. The average Bonchev–Trinajstić information content (AvgIpc) is 1.87. The number of ether oxygens (including phenoxy) is 1. The van der Waals surface area contributed by atoms with Crippen molar-refractivity contribution in [1.82, 2.24) is 0 Å². The molecule has 10 heavy (non-hydrogen) atoms. The number of carbonyl (C=O) groups is 1. The zero-order valence-corrected chi connectivity index (χ0v) is 5.55. The van der Waals surface area contributed by atoms with E-state index >= 15 is 0 Å². The van der Waals surface area contributed by atoms with E-state index in [9.17, 15) is 4.79 Å². The Labute approximate surface area is 103 Å². The van der Waals surface area contributed by atoms with Crippen molar-refractivity contribution in [3.05, 3.63) is 11.8 Å². The van der Waals surface area contributed by atoms with Crippen molar-refractivity contribution < 1.29 is 14.6 Å². The zero-order chi connectivity index (χ0) is 7.28. The van der Waals surface area contributed by atoms with Crippen LogP contribution in [0.2, 0.25) is 0 Å². The summed E-state index contributed by atoms with van der Waals surface area (Å²) in [5.74, 6) is -0.472. The topological polar surface area (TPSA) is 46.5 Å². The standard InChI is InChI=1S/C6H10O3.K.H/c1-3-9-6(8)5(2)4-7;;/h4,7H,3H2,1-2H3;;. The van der Waals surface area contributed by atoms with Gasteiger partial charge in [0, 0.05) is 0 Å². The number of aliphatic hydroxyl groups is 1. The van der Waals surface area contributed by atoms with E-state index in [1.165, 1.54) is 6.92 Å². The molecule has 0 aliphatic heterocycles. The Morgan fingerprint density at radius 2 is 2.20 bits per heavy atom. The molecule has 1 N–H and O–H groups in total. The molecule has 4 heteroatoms. The predicted molar refractivity (Wildman–Crippen MR) is 40.2 cm³/mol. The Hall–Kier alpha value is 0.646. The van der Waals surface area contributed by atoms with Crippen molar-refractivity contribution >= 4 is 57.4 Å². The molecule has 0 saturated heterocycles. The Balaban J connectivity index is 0. The molecule has 0 bridgehead atoms. The molecule has 0 aromatic rings. The first kappa shape index (κ1) is 13.3. The maximum atomic E-state index is 10.5. The van der Waals surface area contributed by atoms with E-state index in [4.69, 9.17) is 5.11 Å². The van der Waals surface area contributed by atoms with Crippen molar-refractivity contribution in [1.29, 1.82) is 0 Å². The number of hydrogen-bond acceptors (Lipinski definition) is 3. The molecule has 0 saturated carbocycles. The Bertz CT molecular complexity index is 131. The SMILES string of the molecule is CCOC(=O)C(C)=CO.[KH]. The molecule has 0 amide bonds. The summed E-state index contributed by atoms with van der Waals surface area (Å²) in [5.41, 5.74) is 0.219. The quantitative estimate of drug-likeness (QED) is 0.282. The van der Waals surface area contributed by atoms with Crippen molar-refractivity contribution in [2.45, 2.75) is 13.8 Å². The van der Waals surface area contributed by atoms with Crippen molar-refractivity contribution in [3.8, 4) is 0 Å². The third-order valence-corrected chi connectivity index (χ3v) is 0.791. The fourth-order valence-corrected chi connectivity index (χ4v) is 0.298. The minimum absolute atomic E-state index is 0. The third-order valence-electron chi connectivity index (χ3n) is 0.791. The van der Waals surface area contributed by atoms with Gasteiger partial charge in [-0.1, -0.05) is 0 Å². The van der Waals surface area contributed by atoms with Crippen LogP contribution in [-0.4, -0.2) is 69.1 Å². The minimum atomic E-state index is -0.472. The molecular formula is C6H11KO3. The molecule has 0 aliphatic carbocycles. The van der Waals surface area contributed by atoms with Gasteiger partial charge in [-0.05, 0) is 13.8 Å². The summed E-state index contributed by atoms with van der Waals surface area (Å²) in [5, 5.41) is 8.27. The zero-order valence-electron chi connectivity index (χ0n) is 5.55. The van der Waals surface area contributed by atoms with Crippen LogP contribution in [0.5, 0.6) is 0 Å². The van der Waals surface area contributed by atoms with Crippen molar-refractivity contribution in [3.63, 3.8) is 0 Å². The predicted octanol–water partition coefficient (Wildman–Crippen LogP) is 0.363. The molecule has 0 fully saturated rings. The molecule has 0 atom stereocenters. The molecule has 0 aromatic heterocycles. The third kappa shape index (κ3) is 5.43. The Morgan fingerprint density at radius 1 is 1.70 bits per heavy atom. The van der Waals surface area contributed by atoms with Gasteiger partial charge in [0.15, 0.2) is 0 Å². The Kier molecular flexibility index (Phi) is 10.3. The summed E-state index contributed by atoms with van der Waals surface area (Å²) in [6, 6.07) is 0. The fraction of sp³-hybridized carbons (Fsp3) is 0.500. The number of rotatable bonds is 2. The van der Waals surface area contributed by atoms with E-state index in [0.717, 1.165) is 6.26 Å². The number of hydrogen-bond donors (Lipinski definition) is 1. The van der Waals surface area contributed by atoms with Gasteiger partial charge < -0.3 is 9.84 Å². The summed E-state index contributed by atoms with van der Waals surface area (Å²) in [4.78, 5) is 10.5. The van der Waals surface area contributed by atoms with Gasteiger partial charge in [-0.3, -0.25) is 0 Å². The van der Waals surface area contributed by atoms with E-state index in [1.54, 1.807) is 6.92 Å². The van der Waals surface area contributed by atoms with Crippen LogP contribution in [0.15, 0.2) is 11.8 Å². The van der Waals surface area contributed by atoms with Crippen LogP contribution in [0.4, 0.5) is 0 Å². The summed E-state index contributed by atoms with van der Waals surface area (Å²) in [7, 11) is 0. The Morgan fingerprint density at radius 3 is 2.50 bits per heavy atom. The molecule has 0 aliphatic rings. The fourth-order valence-electron chi connectivity index (χ4n) is 0.298. The van der Waals surface area contributed by atoms with E-state index in [0.29, 0.717) is 6.61 Å². The van der Waals surface area contributed by atoms with Gasteiger partial charge in [-0.15, -0.1) is 0 Å². The van der Waals surface area contributed by atoms with Gasteiger partial charge in [-0.2, -0.15) is 0 Å². The monoisotopic (exact) mass is 170 g/mol. The van der Waals surface area contributed by atoms with Gasteiger partial charge >= 0.3 is 57.4 Å². The first-order valence-corrected chi connectivity index (χ1v) is 2.70. The van der Waals surface area contributed by atoms with E-state index in [2.05, 4.69) is 4.74 Å². The molecule has 0 heterocycles. The molecule has 3 nitrogen and oxygen atoms in total. The number of esters is 1. The van der Waals surface area contributed by atoms with Crippen molar-refractivity contribution in [2.75, 3.05) is 6.61 Å². The summed E-state index contributed by atoms with van der Waals surface area (Å²) in [6.45, 7) is 3.53.